The first-order chi connectivity index (χ1) is 10.1. The van der Waals surface area contributed by atoms with E-state index in [0.29, 0.717) is 12.5 Å². The van der Waals surface area contributed by atoms with Gasteiger partial charge in [-0.25, -0.2) is 9.97 Å². The number of thiophene rings is 1. The number of nitrogens with two attached hydrogens (primary N) is 1. The molecule has 4 rings (SSSR count). The number of hydrogen-bond donors (Lipinski definition) is 3. The Morgan fingerprint density at radius 1 is 1.29 bits per heavy atom. The summed E-state index contributed by atoms with van der Waals surface area (Å²) < 4.78 is 0. The largest absolute Gasteiger partial charge is 0.372 e. The number of fused-ring (bicyclic) bond motifs is 3. The lowest BCUT2D eigenvalue weighted by molar-refractivity contribution is 0.0472. The van der Waals surface area contributed by atoms with E-state index >= 15 is 0 Å². The molecule has 2 aliphatic carbocycles. The van der Waals surface area contributed by atoms with Crippen molar-refractivity contribution < 1.29 is 5.11 Å². The molecule has 5 nitrogen and oxygen atoms in total. The van der Waals surface area contributed by atoms with Gasteiger partial charge in [-0.05, 0) is 25.7 Å². The number of nitrogens with zero attached hydrogens (tertiary/aromatic N) is 2. The second-order valence-electron chi connectivity index (χ2n) is 6.21. The molecule has 0 radical (unpaired) electrons. The van der Waals surface area contributed by atoms with Crippen LogP contribution in [-0.4, -0.2) is 21.1 Å². The number of rotatable bonds is 2. The van der Waals surface area contributed by atoms with Gasteiger partial charge in [0.1, 0.15) is 22.7 Å². The van der Waals surface area contributed by atoms with Gasteiger partial charge in [0.2, 0.25) is 0 Å². The fourth-order valence-electron chi connectivity index (χ4n) is 3.59. The van der Waals surface area contributed by atoms with Gasteiger partial charge < -0.3 is 10.4 Å². The Bertz CT molecular complexity index is 676. The van der Waals surface area contributed by atoms with Crippen LogP contribution in [-0.2, 0) is 12.1 Å². The van der Waals surface area contributed by atoms with E-state index in [1.54, 1.807) is 17.7 Å². The van der Waals surface area contributed by atoms with Crippen LogP contribution in [0.3, 0.4) is 0 Å². The standard InChI is InChI=1S/C15H20N4OS/c16-15(20)7-6-10-12(15)11-13(17-8-18-14(11)21-10)19-9-4-2-1-3-5-9/h8-9,20H,1-7,16H2,(H,17,18,19). The summed E-state index contributed by atoms with van der Waals surface area (Å²) in [6, 6.07) is 0.472. The zero-order valence-electron chi connectivity index (χ0n) is 11.9. The van der Waals surface area contributed by atoms with Crippen molar-refractivity contribution >= 4 is 27.4 Å². The molecule has 112 valence electrons. The lowest BCUT2D eigenvalue weighted by atomic mass is 9.95. The third-order valence-corrected chi connectivity index (χ3v) is 5.83. The molecule has 2 aromatic rings. The molecule has 1 fully saturated rings. The molecule has 21 heavy (non-hydrogen) atoms. The number of hydrogen-bond acceptors (Lipinski definition) is 6. The smallest absolute Gasteiger partial charge is 0.141 e. The van der Waals surface area contributed by atoms with E-state index in [1.165, 1.54) is 32.1 Å². The van der Waals surface area contributed by atoms with Gasteiger partial charge in [-0.3, -0.25) is 5.73 Å². The molecule has 0 amide bonds. The minimum absolute atomic E-state index is 0.472. The summed E-state index contributed by atoms with van der Waals surface area (Å²) in [5.41, 5.74) is 5.69. The van der Waals surface area contributed by atoms with Gasteiger partial charge >= 0.3 is 0 Å². The number of aromatic nitrogens is 2. The Morgan fingerprint density at radius 3 is 2.90 bits per heavy atom. The lowest BCUT2D eigenvalue weighted by Gasteiger charge is -2.24. The van der Waals surface area contributed by atoms with Gasteiger partial charge in [0.05, 0.1) is 5.39 Å². The Kier molecular flexibility index (Phi) is 3.13. The Labute approximate surface area is 127 Å². The second kappa shape index (κ2) is 4.90. The fraction of sp³-hybridized carbons (Fsp3) is 0.600. The summed E-state index contributed by atoms with van der Waals surface area (Å²) in [4.78, 5) is 10.9. The summed E-state index contributed by atoms with van der Waals surface area (Å²) in [6.07, 6.45) is 9.26. The summed E-state index contributed by atoms with van der Waals surface area (Å²) in [7, 11) is 0. The van der Waals surface area contributed by atoms with Crippen molar-refractivity contribution in [1.29, 1.82) is 0 Å². The topological polar surface area (TPSA) is 84.1 Å². The van der Waals surface area contributed by atoms with Crippen molar-refractivity contribution in [3.8, 4) is 0 Å². The van der Waals surface area contributed by atoms with Gasteiger partial charge in [-0.2, -0.15) is 0 Å². The predicted molar refractivity (Wildman–Crippen MR) is 84.3 cm³/mol. The number of anilines is 1. The normalized spacial score (nSPS) is 26.2. The maximum absolute atomic E-state index is 10.5. The molecular weight excluding hydrogens is 284 g/mol. The maximum Gasteiger partial charge on any atom is 0.141 e. The molecule has 0 aliphatic heterocycles. The first-order valence-corrected chi connectivity index (χ1v) is 8.51. The number of nitrogens with one attached hydrogen (secondary N) is 1. The van der Waals surface area contributed by atoms with Crippen LogP contribution in [0.5, 0.6) is 0 Å². The summed E-state index contributed by atoms with van der Waals surface area (Å²) >= 11 is 1.63. The van der Waals surface area contributed by atoms with E-state index in [4.69, 9.17) is 5.73 Å². The van der Waals surface area contributed by atoms with Gasteiger partial charge in [0.25, 0.3) is 0 Å². The van der Waals surface area contributed by atoms with Crippen LogP contribution >= 0.6 is 11.3 Å². The third kappa shape index (κ3) is 2.22. The summed E-state index contributed by atoms with van der Waals surface area (Å²) in [5, 5.41) is 15.0. The van der Waals surface area contributed by atoms with Crippen LogP contribution in [0.4, 0.5) is 5.82 Å². The minimum atomic E-state index is -1.23. The maximum atomic E-state index is 10.5. The van der Waals surface area contributed by atoms with Crippen molar-refractivity contribution in [3.63, 3.8) is 0 Å². The Balaban J connectivity index is 1.78. The van der Waals surface area contributed by atoms with E-state index in [2.05, 4.69) is 15.3 Å². The monoisotopic (exact) mass is 304 g/mol. The number of aryl methyl sites for hydroxylation is 1. The van der Waals surface area contributed by atoms with Gasteiger partial charge in [-0.15, -0.1) is 11.3 Å². The van der Waals surface area contributed by atoms with Crippen molar-refractivity contribution in [2.75, 3.05) is 5.32 Å². The van der Waals surface area contributed by atoms with Crippen LogP contribution in [0.2, 0.25) is 0 Å². The van der Waals surface area contributed by atoms with E-state index in [1.807, 2.05) is 0 Å². The highest BCUT2D eigenvalue weighted by Crippen LogP contribution is 2.45. The highest BCUT2D eigenvalue weighted by atomic mass is 32.1. The van der Waals surface area contributed by atoms with E-state index in [0.717, 1.165) is 32.9 Å². The molecule has 0 aromatic carbocycles. The van der Waals surface area contributed by atoms with E-state index < -0.39 is 5.72 Å². The zero-order chi connectivity index (χ0) is 14.4. The average molecular weight is 304 g/mol. The van der Waals surface area contributed by atoms with Crippen molar-refractivity contribution in [2.24, 2.45) is 5.73 Å². The zero-order valence-corrected chi connectivity index (χ0v) is 12.7. The SMILES string of the molecule is NC1(O)CCc2sc3ncnc(NC4CCCCC4)c3c21. The van der Waals surface area contributed by atoms with Crippen LogP contribution < -0.4 is 11.1 Å². The fourth-order valence-corrected chi connectivity index (χ4v) is 4.81. The quantitative estimate of drug-likeness (QED) is 0.742. The molecule has 2 aliphatic rings. The molecule has 6 heteroatoms. The van der Waals surface area contributed by atoms with Crippen LogP contribution in [0.1, 0.15) is 49.0 Å². The molecule has 0 spiro atoms. The molecule has 4 N–H and O–H groups in total. The van der Waals surface area contributed by atoms with Crippen molar-refractivity contribution in [1.82, 2.24) is 9.97 Å². The first-order valence-electron chi connectivity index (χ1n) is 7.70. The van der Waals surface area contributed by atoms with E-state index in [9.17, 15) is 5.11 Å². The van der Waals surface area contributed by atoms with Gasteiger partial charge in [0, 0.05) is 16.5 Å². The lowest BCUT2D eigenvalue weighted by Crippen LogP contribution is -2.33. The van der Waals surface area contributed by atoms with Gasteiger partial charge in [-0.1, -0.05) is 19.3 Å². The number of aliphatic hydroxyl groups is 1. The van der Waals surface area contributed by atoms with Crippen molar-refractivity contribution in [2.45, 2.75) is 56.7 Å². The molecular formula is C15H20N4OS. The Hall–Kier alpha value is -1.24. The highest BCUT2D eigenvalue weighted by molar-refractivity contribution is 7.19. The predicted octanol–water partition coefficient (Wildman–Crippen LogP) is 2.49. The Morgan fingerprint density at radius 2 is 2.10 bits per heavy atom. The molecule has 0 bridgehead atoms. The molecule has 2 aromatic heterocycles. The molecule has 1 atom stereocenters. The highest BCUT2D eigenvalue weighted by Gasteiger charge is 2.38. The molecule has 0 saturated heterocycles. The van der Waals surface area contributed by atoms with E-state index in [-0.39, 0.29) is 0 Å². The molecule has 2 heterocycles. The summed E-state index contributed by atoms with van der Waals surface area (Å²) in [5.74, 6) is 0.843. The average Bonchev–Trinajstić information content (AvgIpc) is 2.99. The van der Waals surface area contributed by atoms with Gasteiger partial charge in [0.15, 0.2) is 0 Å². The third-order valence-electron chi connectivity index (χ3n) is 4.67. The first kappa shape index (κ1) is 13.4. The van der Waals surface area contributed by atoms with Crippen LogP contribution in [0.25, 0.3) is 10.2 Å². The molecule has 1 saturated carbocycles. The van der Waals surface area contributed by atoms with Crippen LogP contribution in [0, 0.1) is 0 Å². The second-order valence-corrected chi connectivity index (χ2v) is 7.29. The molecule has 1 unspecified atom stereocenters. The van der Waals surface area contributed by atoms with Crippen molar-refractivity contribution in [3.05, 3.63) is 16.8 Å². The summed E-state index contributed by atoms with van der Waals surface area (Å²) in [6.45, 7) is 0. The minimum Gasteiger partial charge on any atom is -0.372 e. The van der Waals surface area contributed by atoms with Crippen LogP contribution in [0.15, 0.2) is 6.33 Å².